The number of fused-ring (bicyclic) bond motifs is 1. The summed E-state index contributed by atoms with van der Waals surface area (Å²) in [5.41, 5.74) is 2.00. The van der Waals surface area contributed by atoms with Gasteiger partial charge in [-0.3, -0.25) is 0 Å². The van der Waals surface area contributed by atoms with Gasteiger partial charge in [0.25, 0.3) is 0 Å². The van der Waals surface area contributed by atoms with E-state index in [0.29, 0.717) is 11.5 Å². The fourth-order valence-corrected chi connectivity index (χ4v) is 3.16. The zero-order valence-electron chi connectivity index (χ0n) is 13.2. The number of ether oxygens (including phenoxy) is 2. The number of thioether (sulfide) groups is 1. The van der Waals surface area contributed by atoms with E-state index in [1.807, 2.05) is 22.9 Å². The number of nitrogens with zero attached hydrogens (tertiary/aromatic N) is 4. The van der Waals surface area contributed by atoms with Crippen LogP contribution < -0.4 is 26.5 Å². The molecule has 0 bridgehead atoms. The second kappa shape index (κ2) is 7.83. The van der Waals surface area contributed by atoms with E-state index in [0.717, 1.165) is 40.9 Å². The van der Waals surface area contributed by atoms with E-state index in [9.17, 15) is 0 Å². The molecule has 0 saturated carbocycles. The lowest BCUT2D eigenvalue weighted by Gasteiger charge is -2.15. The third kappa shape index (κ3) is 3.53. The van der Waals surface area contributed by atoms with Gasteiger partial charge in [-0.2, -0.15) is 9.78 Å². The quantitative estimate of drug-likeness (QED) is 0.687. The molecule has 0 amide bonds. The highest BCUT2D eigenvalue weighted by molar-refractivity contribution is 7.99. The number of halogens is 1. The molecule has 0 fully saturated rings. The normalized spacial score (nSPS) is 12.9. The first-order chi connectivity index (χ1) is 10.8. The molecule has 124 valence electrons. The highest BCUT2D eigenvalue weighted by Crippen LogP contribution is 2.30. The molecule has 6 nitrogen and oxygen atoms in total. The number of benzene rings is 1. The van der Waals surface area contributed by atoms with Gasteiger partial charge in [0.15, 0.2) is 17.3 Å². The molecule has 8 heteroatoms. The molecule has 23 heavy (non-hydrogen) atoms. The van der Waals surface area contributed by atoms with Gasteiger partial charge in [-0.15, -0.1) is 10.2 Å². The van der Waals surface area contributed by atoms with Crippen LogP contribution in [0.1, 0.15) is 24.7 Å². The van der Waals surface area contributed by atoms with Crippen LogP contribution in [0.5, 0.6) is 11.5 Å². The Morgan fingerprint density at radius 2 is 1.96 bits per heavy atom. The third-order valence-corrected chi connectivity index (χ3v) is 4.36. The van der Waals surface area contributed by atoms with Crippen molar-refractivity contribution in [1.29, 1.82) is 0 Å². The van der Waals surface area contributed by atoms with Crippen LogP contribution >= 0.6 is 11.8 Å². The molecule has 1 aliphatic heterocycles. The Kier molecular flexibility index (Phi) is 6.06. The second-order valence-electron chi connectivity index (χ2n) is 4.87. The average molecular weight is 398 g/mol. The molecule has 0 saturated heterocycles. The molecular weight excluding hydrogens is 380 g/mol. The first-order valence-electron chi connectivity index (χ1n) is 7.14. The zero-order valence-corrected chi connectivity index (χ0v) is 15.6. The Morgan fingerprint density at radius 3 is 2.65 bits per heavy atom. The van der Waals surface area contributed by atoms with Gasteiger partial charge in [0.05, 0.1) is 19.9 Å². The summed E-state index contributed by atoms with van der Waals surface area (Å²) >= 11 is 1.65. The van der Waals surface area contributed by atoms with E-state index >= 15 is 0 Å². The van der Waals surface area contributed by atoms with Gasteiger partial charge < -0.3 is 26.5 Å². The highest BCUT2D eigenvalue weighted by atomic mass is 79.9. The van der Waals surface area contributed by atoms with Crippen LogP contribution in [-0.4, -0.2) is 40.6 Å². The minimum atomic E-state index is 0. The molecule has 0 N–H and O–H groups in total. The molecule has 1 aliphatic rings. The Bertz CT molecular complexity index is 717. The van der Waals surface area contributed by atoms with Gasteiger partial charge in [0, 0.05) is 17.7 Å². The lowest BCUT2D eigenvalue weighted by molar-refractivity contribution is -0.00000519. The monoisotopic (exact) mass is 397 g/mol. The van der Waals surface area contributed by atoms with Crippen LogP contribution in [0.4, 0.5) is 0 Å². The van der Waals surface area contributed by atoms with Crippen LogP contribution in [-0.2, 0) is 6.42 Å². The minimum Gasteiger partial charge on any atom is -1.00 e. The number of methoxy groups -OCH3 is 2. The van der Waals surface area contributed by atoms with Crippen LogP contribution in [0.25, 0.3) is 0 Å². The van der Waals surface area contributed by atoms with Crippen molar-refractivity contribution in [3.05, 3.63) is 29.6 Å². The number of hydrogen-bond acceptors (Lipinski definition) is 6. The van der Waals surface area contributed by atoms with E-state index in [-0.39, 0.29) is 17.0 Å². The topological polar surface area (TPSA) is 61.5 Å². The van der Waals surface area contributed by atoms with Crippen LogP contribution in [0.15, 0.2) is 28.5 Å². The lowest BCUT2D eigenvalue weighted by atomic mass is 10.1. The molecule has 1 aromatic carbocycles. The van der Waals surface area contributed by atoms with E-state index < -0.39 is 0 Å². The summed E-state index contributed by atoms with van der Waals surface area (Å²) in [6, 6.07) is 5.85. The fourth-order valence-electron chi connectivity index (χ4n) is 2.30. The van der Waals surface area contributed by atoms with Crippen molar-refractivity contribution < 1.29 is 26.5 Å². The van der Waals surface area contributed by atoms with Crippen molar-refractivity contribution in [2.75, 3.05) is 20.0 Å². The van der Waals surface area contributed by atoms with Crippen molar-refractivity contribution in [2.45, 2.75) is 24.9 Å². The van der Waals surface area contributed by atoms with Crippen LogP contribution in [0.2, 0.25) is 0 Å². The largest absolute Gasteiger partial charge is 1.00 e. The third-order valence-electron chi connectivity index (χ3n) is 3.43. The van der Waals surface area contributed by atoms with E-state index in [1.165, 1.54) is 0 Å². The molecule has 0 atom stereocenters. The summed E-state index contributed by atoms with van der Waals surface area (Å²) in [5.74, 6) is 3.09. The molecule has 0 aliphatic carbocycles. The van der Waals surface area contributed by atoms with Gasteiger partial charge in [-0.05, 0) is 24.6 Å². The van der Waals surface area contributed by atoms with Crippen molar-refractivity contribution in [3.8, 4) is 11.5 Å². The molecule has 3 rings (SSSR count). The number of aromatic nitrogens is 3. The maximum Gasteiger partial charge on any atom is 0.212 e. The molecule has 2 heterocycles. The van der Waals surface area contributed by atoms with E-state index in [1.54, 1.807) is 26.0 Å². The Hall–Kier alpha value is -1.54. The van der Waals surface area contributed by atoms with E-state index in [4.69, 9.17) is 14.6 Å². The lowest BCUT2D eigenvalue weighted by Crippen LogP contribution is -3.00. The number of aryl methyl sites for hydroxylation is 1. The molecule has 0 unspecified atom stereocenters. The summed E-state index contributed by atoms with van der Waals surface area (Å²) in [4.78, 5) is 0. The first-order valence-corrected chi connectivity index (χ1v) is 8.12. The first kappa shape index (κ1) is 17.8. The standard InChI is InChI=1S/C15H18N4O2S.BrH/c1-4-5-14-16-17-15-19(14)18-11(9-22-15)10-6-7-12(20-2)13(8-10)21-3;/h6-8H,4-5,9H2,1-3H3;1H/p-1. The zero-order chi connectivity index (χ0) is 15.5. The number of hydrogen-bond donors (Lipinski definition) is 0. The highest BCUT2D eigenvalue weighted by Gasteiger charge is 2.20. The van der Waals surface area contributed by atoms with Gasteiger partial charge in [0.1, 0.15) is 0 Å². The predicted molar refractivity (Wildman–Crippen MR) is 86.2 cm³/mol. The predicted octanol–water partition coefficient (Wildman–Crippen LogP) is -0.390. The summed E-state index contributed by atoms with van der Waals surface area (Å²) in [6.45, 7) is 2.12. The number of rotatable bonds is 5. The Morgan fingerprint density at radius 1 is 1.17 bits per heavy atom. The SMILES string of the molecule is CCCc1nnc2n1N=C(c1ccc(OC)c(OC)c1)CS2.[Br-]. The van der Waals surface area contributed by atoms with Crippen molar-refractivity contribution in [1.82, 2.24) is 14.9 Å². The Balaban J connectivity index is 0.00000192. The van der Waals surface area contributed by atoms with E-state index in [2.05, 4.69) is 17.1 Å². The van der Waals surface area contributed by atoms with Crippen LogP contribution in [0, 0.1) is 0 Å². The van der Waals surface area contributed by atoms with Crippen molar-refractivity contribution in [3.63, 3.8) is 0 Å². The smallest absolute Gasteiger partial charge is 0.212 e. The summed E-state index contributed by atoms with van der Waals surface area (Å²) in [6.07, 6.45) is 1.89. The maximum absolute atomic E-state index is 5.37. The molecule has 1 aromatic heterocycles. The van der Waals surface area contributed by atoms with Crippen LogP contribution in [0.3, 0.4) is 0 Å². The van der Waals surface area contributed by atoms with Gasteiger partial charge in [-0.1, -0.05) is 18.7 Å². The fraction of sp³-hybridized carbons (Fsp3) is 0.400. The van der Waals surface area contributed by atoms with Crippen molar-refractivity contribution in [2.24, 2.45) is 5.10 Å². The average Bonchev–Trinajstić information content (AvgIpc) is 2.97. The minimum absolute atomic E-state index is 0. The van der Waals surface area contributed by atoms with Crippen molar-refractivity contribution >= 4 is 17.5 Å². The molecule has 0 spiro atoms. The molecule has 2 aromatic rings. The molecular formula is C15H18BrN4O2S-. The van der Waals surface area contributed by atoms with Gasteiger partial charge in [0.2, 0.25) is 5.16 Å². The maximum atomic E-state index is 5.37. The molecule has 0 radical (unpaired) electrons. The van der Waals surface area contributed by atoms with Gasteiger partial charge >= 0.3 is 0 Å². The summed E-state index contributed by atoms with van der Waals surface area (Å²) in [5, 5.41) is 14.0. The second-order valence-corrected chi connectivity index (χ2v) is 5.81. The summed E-state index contributed by atoms with van der Waals surface area (Å²) < 4.78 is 12.5. The Labute approximate surface area is 150 Å². The van der Waals surface area contributed by atoms with Gasteiger partial charge in [-0.25, -0.2) is 0 Å². The summed E-state index contributed by atoms with van der Waals surface area (Å²) in [7, 11) is 3.27.